The molecule has 0 saturated carbocycles. The Balaban J connectivity index is 2.57. The Morgan fingerprint density at radius 2 is 1.95 bits per heavy atom. The highest BCUT2D eigenvalue weighted by Gasteiger charge is 2.21. The first-order chi connectivity index (χ1) is 9.60. The Morgan fingerprint density at radius 3 is 2.45 bits per heavy atom. The quantitative estimate of drug-likeness (QED) is 0.906. The van der Waals surface area contributed by atoms with Gasteiger partial charge in [-0.3, -0.25) is 0 Å². The van der Waals surface area contributed by atoms with Gasteiger partial charge in [-0.2, -0.15) is 4.98 Å². The third kappa shape index (κ3) is 2.55. The van der Waals surface area contributed by atoms with E-state index in [-0.39, 0.29) is 35.3 Å². The van der Waals surface area contributed by atoms with Crippen molar-refractivity contribution in [3.05, 3.63) is 23.6 Å². The lowest BCUT2D eigenvalue weighted by Gasteiger charge is -2.12. The van der Waals surface area contributed by atoms with E-state index >= 15 is 0 Å². The third-order valence-corrected chi connectivity index (χ3v) is 2.67. The number of aromatic nitrogens is 2. The van der Waals surface area contributed by atoms with Crippen molar-refractivity contribution in [2.75, 3.05) is 14.2 Å². The molecule has 0 radical (unpaired) electrons. The van der Waals surface area contributed by atoms with Crippen LogP contribution in [0.1, 0.15) is 17.9 Å². The summed E-state index contributed by atoms with van der Waals surface area (Å²) in [7, 11) is 2.67. The number of hydrogen-bond donors (Lipinski definition) is 1. The van der Waals surface area contributed by atoms with Crippen LogP contribution in [0, 0.1) is 0 Å². The van der Waals surface area contributed by atoms with Gasteiger partial charge in [-0.25, -0.2) is 8.78 Å². The molecule has 20 heavy (non-hydrogen) atoms. The molecule has 2 rings (SSSR count). The molecule has 0 aliphatic rings. The molecular weight excluding hydrogens is 272 g/mol. The van der Waals surface area contributed by atoms with E-state index in [0.29, 0.717) is 5.56 Å². The summed E-state index contributed by atoms with van der Waals surface area (Å²) in [4.78, 5) is 4.03. The van der Waals surface area contributed by atoms with E-state index in [1.165, 1.54) is 26.4 Å². The number of rotatable bonds is 5. The average Bonchev–Trinajstić information content (AvgIpc) is 2.94. The predicted molar refractivity (Wildman–Crippen MR) is 65.7 cm³/mol. The predicted octanol–water partition coefficient (Wildman–Crippen LogP) is 2.15. The largest absolute Gasteiger partial charge is 0.496 e. The fourth-order valence-corrected chi connectivity index (χ4v) is 1.71. The van der Waals surface area contributed by atoms with Crippen LogP contribution in [0.25, 0.3) is 11.4 Å². The molecular formula is C12H13F2N3O3. The number of benzene rings is 1. The van der Waals surface area contributed by atoms with Crippen LogP contribution in [0.15, 0.2) is 16.7 Å². The molecule has 1 heterocycles. The Morgan fingerprint density at radius 1 is 1.25 bits per heavy atom. The second-order valence-corrected chi connectivity index (χ2v) is 3.81. The smallest absolute Gasteiger partial charge is 0.267 e. The van der Waals surface area contributed by atoms with Crippen molar-refractivity contribution in [2.24, 2.45) is 5.73 Å². The second-order valence-electron chi connectivity index (χ2n) is 3.81. The van der Waals surface area contributed by atoms with Crippen molar-refractivity contribution in [3.8, 4) is 22.9 Å². The van der Waals surface area contributed by atoms with E-state index < -0.39 is 6.43 Å². The number of halogens is 2. The number of hydrogen-bond acceptors (Lipinski definition) is 6. The lowest BCUT2D eigenvalue weighted by atomic mass is 10.1. The van der Waals surface area contributed by atoms with Gasteiger partial charge >= 0.3 is 0 Å². The van der Waals surface area contributed by atoms with Gasteiger partial charge in [0.1, 0.15) is 11.5 Å². The normalized spacial score (nSPS) is 10.9. The molecule has 0 spiro atoms. The highest BCUT2D eigenvalue weighted by Crippen LogP contribution is 2.38. The van der Waals surface area contributed by atoms with Gasteiger partial charge in [-0.15, -0.1) is 0 Å². The van der Waals surface area contributed by atoms with Crippen molar-refractivity contribution >= 4 is 0 Å². The van der Waals surface area contributed by atoms with Gasteiger partial charge in [-0.1, -0.05) is 5.16 Å². The third-order valence-electron chi connectivity index (χ3n) is 2.67. The van der Waals surface area contributed by atoms with Crippen LogP contribution in [0.5, 0.6) is 11.5 Å². The zero-order chi connectivity index (χ0) is 14.7. The van der Waals surface area contributed by atoms with Crippen LogP contribution < -0.4 is 15.2 Å². The minimum Gasteiger partial charge on any atom is -0.496 e. The van der Waals surface area contributed by atoms with Gasteiger partial charge in [0, 0.05) is 0 Å². The van der Waals surface area contributed by atoms with Crippen molar-refractivity contribution < 1.29 is 22.8 Å². The number of alkyl halides is 2. The van der Waals surface area contributed by atoms with E-state index in [1.807, 2.05) is 0 Å². The molecule has 6 nitrogen and oxygen atoms in total. The first-order valence-electron chi connectivity index (χ1n) is 5.67. The molecule has 0 aliphatic heterocycles. The minimum absolute atomic E-state index is 0.0231. The van der Waals surface area contributed by atoms with Gasteiger partial charge in [0.05, 0.1) is 31.9 Å². The highest BCUT2D eigenvalue weighted by atomic mass is 19.3. The number of nitrogens with two attached hydrogens (primary N) is 1. The number of nitrogens with zero attached hydrogens (tertiary/aromatic N) is 2. The monoisotopic (exact) mass is 285 g/mol. The average molecular weight is 285 g/mol. The molecule has 0 fully saturated rings. The van der Waals surface area contributed by atoms with Crippen molar-refractivity contribution in [1.82, 2.24) is 10.1 Å². The standard InChI is InChI=1S/C12H13F2N3O3/c1-18-8-4-7(12-16-10(5-15)20-17-12)9(19-2)3-6(8)11(13)14/h3-4,11H,5,15H2,1-2H3. The molecule has 108 valence electrons. The Bertz CT molecular complexity index is 602. The van der Waals surface area contributed by atoms with E-state index in [4.69, 9.17) is 19.7 Å². The number of ether oxygens (including phenoxy) is 2. The lowest BCUT2D eigenvalue weighted by Crippen LogP contribution is -1.98. The molecule has 2 aromatic rings. The maximum Gasteiger partial charge on any atom is 0.267 e. The molecule has 0 bridgehead atoms. The molecule has 1 aromatic carbocycles. The molecule has 1 aromatic heterocycles. The molecule has 2 N–H and O–H groups in total. The zero-order valence-corrected chi connectivity index (χ0v) is 10.9. The van der Waals surface area contributed by atoms with Gasteiger partial charge in [0.25, 0.3) is 6.43 Å². The van der Waals surface area contributed by atoms with Crippen molar-refractivity contribution in [3.63, 3.8) is 0 Å². The molecule has 0 unspecified atom stereocenters. The van der Waals surface area contributed by atoms with Crippen molar-refractivity contribution in [2.45, 2.75) is 13.0 Å². The fraction of sp³-hybridized carbons (Fsp3) is 0.333. The van der Waals surface area contributed by atoms with Crippen molar-refractivity contribution in [1.29, 1.82) is 0 Å². The van der Waals surface area contributed by atoms with E-state index in [0.717, 1.165) is 0 Å². The minimum atomic E-state index is -2.68. The van der Waals surface area contributed by atoms with Crippen LogP contribution in [0.2, 0.25) is 0 Å². The molecule has 0 amide bonds. The summed E-state index contributed by atoms with van der Waals surface area (Å²) in [5.74, 6) is 0.653. The van der Waals surface area contributed by atoms with E-state index in [1.54, 1.807) is 0 Å². The maximum atomic E-state index is 12.9. The summed E-state index contributed by atoms with van der Waals surface area (Å²) in [6, 6.07) is 2.57. The Hall–Kier alpha value is -2.22. The van der Waals surface area contributed by atoms with Crippen LogP contribution in [0.4, 0.5) is 8.78 Å². The lowest BCUT2D eigenvalue weighted by molar-refractivity contribution is 0.146. The molecule has 0 atom stereocenters. The Kier molecular flexibility index (Phi) is 4.14. The first-order valence-corrected chi connectivity index (χ1v) is 5.67. The molecule has 0 aliphatic carbocycles. The summed E-state index contributed by atoms with van der Waals surface area (Å²) in [5, 5.41) is 3.73. The first kappa shape index (κ1) is 14.2. The second kappa shape index (κ2) is 5.83. The van der Waals surface area contributed by atoms with E-state index in [2.05, 4.69) is 10.1 Å². The summed E-state index contributed by atoms with van der Waals surface area (Å²) in [6.07, 6.45) is -2.68. The van der Waals surface area contributed by atoms with Gasteiger partial charge in [-0.05, 0) is 12.1 Å². The molecule has 8 heteroatoms. The zero-order valence-electron chi connectivity index (χ0n) is 10.9. The van der Waals surface area contributed by atoms with Crippen LogP contribution in [-0.2, 0) is 6.54 Å². The highest BCUT2D eigenvalue weighted by molar-refractivity contribution is 5.68. The maximum absolute atomic E-state index is 12.9. The Labute approximate surface area is 113 Å². The molecule has 0 saturated heterocycles. The summed E-state index contributed by atoms with van der Waals surface area (Å²) in [6.45, 7) is 0.0849. The van der Waals surface area contributed by atoms with Gasteiger partial charge < -0.3 is 19.7 Å². The van der Waals surface area contributed by atoms with Crippen LogP contribution >= 0.6 is 0 Å². The van der Waals surface area contributed by atoms with Crippen LogP contribution in [-0.4, -0.2) is 24.4 Å². The summed E-state index contributed by atoms with van der Waals surface area (Å²) in [5.41, 5.74) is 5.50. The summed E-state index contributed by atoms with van der Waals surface area (Å²) < 4.78 is 40.8. The van der Waals surface area contributed by atoms with Crippen LogP contribution in [0.3, 0.4) is 0 Å². The van der Waals surface area contributed by atoms with Gasteiger partial charge in [0.15, 0.2) is 0 Å². The topological polar surface area (TPSA) is 83.4 Å². The van der Waals surface area contributed by atoms with E-state index in [9.17, 15) is 8.78 Å². The SMILES string of the molecule is COc1cc(C(F)F)c(OC)cc1-c1noc(CN)n1. The summed E-state index contributed by atoms with van der Waals surface area (Å²) >= 11 is 0. The van der Waals surface area contributed by atoms with Gasteiger partial charge in [0.2, 0.25) is 11.7 Å². The number of methoxy groups -OCH3 is 2. The fourth-order valence-electron chi connectivity index (χ4n) is 1.71.